The summed E-state index contributed by atoms with van der Waals surface area (Å²) in [6.45, 7) is 8.52. The number of hydrogen-bond acceptors (Lipinski definition) is 2. The monoisotopic (exact) mass is 437 g/mol. The van der Waals surface area contributed by atoms with Crippen LogP contribution in [0.2, 0.25) is 0 Å². The molecule has 1 amide bonds. The van der Waals surface area contributed by atoms with Gasteiger partial charge in [-0.1, -0.05) is 104 Å². The molecule has 1 saturated heterocycles. The first-order valence-electron chi connectivity index (χ1n) is 14.1. The van der Waals surface area contributed by atoms with Gasteiger partial charge in [-0.2, -0.15) is 0 Å². The van der Waals surface area contributed by atoms with Crippen LogP contribution >= 0.6 is 0 Å². The molecule has 0 saturated carbocycles. The molecule has 0 atom stereocenters. The molecule has 1 fully saturated rings. The highest BCUT2D eigenvalue weighted by atomic mass is 16.6. The van der Waals surface area contributed by atoms with E-state index >= 15 is 0 Å². The number of carbonyl (C=O) groups excluding carboxylic acids is 1. The lowest BCUT2D eigenvalue weighted by molar-refractivity contribution is -0.0143. The van der Waals surface area contributed by atoms with Gasteiger partial charge in [0.25, 0.3) is 0 Å². The van der Waals surface area contributed by atoms with Crippen LogP contribution in [0.4, 0.5) is 4.79 Å². The number of amides is 1. The first-order chi connectivity index (χ1) is 15.1. The molecule has 1 rings (SSSR count). The zero-order valence-corrected chi connectivity index (χ0v) is 21.5. The van der Waals surface area contributed by atoms with Gasteiger partial charge in [0.2, 0.25) is 0 Å². The van der Waals surface area contributed by atoms with E-state index in [0.29, 0.717) is 0 Å². The van der Waals surface area contributed by atoms with Crippen LogP contribution in [0.15, 0.2) is 0 Å². The van der Waals surface area contributed by atoms with E-state index in [-0.39, 0.29) is 11.7 Å². The second-order valence-electron chi connectivity index (χ2n) is 10.3. The first-order valence-corrected chi connectivity index (χ1v) is 14.1. The fraction of sp³-hybridized carbons (Fsp3) is 0.964. The summed E-state index contributed by atoms with van der Waals surface area (Å²) in [6, 6.07) is 0. The highest BCUT2D eigenvalue weighted by molar-refractivity contribution is 5.68. The smallest absolute Gasteiger partial charge is 0.410 e. The first kappa shape index (κ1) is 28.3. The Balaban J connectivity index is 2.34. The van der Waals surface area contributed by atoms with Crippen molar-refractivity contribution in [1.82, 2.24) is 4.90 Å². The van der Waals surface area contributed by atoms with Gasteiger partial charge in [0.1, 0.15) is 5.60 Å². The third-order valence-electron chi connectivity index (χ3n) is 7.07. The van der Waals surface area contributed by atoms with Crippen molar-refractivity contribution in [3.05, 3.63) is 0 Å². The Kier molecular flexibility index (Phi) is 17.2. The zero-order chi connectivity index (χ0) is 22.6. The molecule has 0 aliphatic carbocycles. The van der Waals surface area contributed by atoms with Crippen LogP contribution in [0.3, 0.4) is 0 Å². The highest BCUT2D eigenvalue weighted by Crippen LogP contribution is 2.28. The Labute approximate surface area is 195 Å². The number of nitrogens with zero attached hydrogens (tertiary/aromatic N) is 1. The maximum atomic E-state index is 12.8. The molecular formula is C28H55NO2. The second kappa shape index (κ2) is 18.8. The van der Waals surface area contributed by atoms with Gasteiger partial charge in [-0.25, -0.2) is 4.79 Å². The largest absolute Gasteiger partial charge is 0.443 e. The molecule has 0 aromatic carbocycles. The van der Waals surface area contributed by atoms with E-state index in [1.165, 1.54) is 109 Å². The quantitative estimate of drug-likeness (QED) is 0.188. The van der Waals surface area contributed by atoms with Crippen molar-refractivity contribution in [2.75, 3.05) is 13.1 Å². The minimum atomic E-state index is -0.279. The fourth-order valence-electron chi connectivity index (χ4n) is 4.84. The van der Waals surface area contributed by atoms with Gasteiger partial charge in [-0.05, 0) is 51.9 Å². The lowest BCUT2D eigenvalue weighted by atomic mass is 9.91. The average molecular weight is 438 g/mol. The summed E-state index contributed by atoms with van der Waals surface area (Å²) in [5.74, 6) is 0. The molecule has 0 unspecified atom stereocenters. The number of likely N-dealkylation sites (tertiary alicyclic amines) is 1. The summed E-state index contributed by atoms with van der Waals surface area (Å²) in [7, 11) is 0. The molecule has 3 heteroatoms. The van der Waals surface area contributed by atoms with Crippen molar-refractivity contribution in [1.29, 1.82) is 0 Å². The molecule has 0 N–H and O–H groups in total. The van der Waals surface area contributed by atoms with E-state index in [1.54, 1.807) is 0 Å². The van der Waals surface area contributed by atoms with E-state index < -0.39 is 0 Å². The van der Waals surface area contributed by atoms with Gasteiger partial charge >= 0.3 is 6.09 Å². The van der Waals surface area contributed by atoms with Crippen LogP contribution in [-0.2, 0) is 4.74 Å². The van der Waals surface area contributed by atoms with Gasteiger partial charge in [0.15, 0.2) is 0 Å². The topological polar surface area (TPSA) is 29.5 Å². The zero-order valence-electron chi connectivity index (χ0n) is 21.5. The molecule has 0 spiro atoms. The summed E-state index contributed by atoms with van der Waals surface area (Å²) in [5, 5.41) is 0. The molecule has 184 valence electrons. The van der Waals surface area contributed by atoms with Gasteiger partial charge in [0, 0.05) is 13.1 Å². The molecule has 3 nitrogen and oxygen atoms in total. The SMILES string of the molecule is CCCCCCCCCCC(C)(CCCCCCCCCC)OC(=O)N1CCCCC1. The van der Waals surface area contributed by atoms with Crippen molar-refractivity contribution in [3.8, 4) is 0 Å². The maximum absolute atomic E-state index is 12.8. The number of carbonyl (C=O) groups is 1. The minimum absolute atomic E-state index is 0.0543. The van der Waals surface area contributed by atoms with E-state index in [1.807, 2.05) is 4.90 Å². The molecule has 31 heavy (non-hydrogen) atoms. The van der Waals surface area contributed by atoms with Gasteiger partial charge in [-0.3, -0.25) is 0 Å². The van der Waals surface area contributed by atoms with Gasteiger partial charge in [0.05, 0.1) is 0 Å². The van der Waals surface area contributed by atoms with Crippen molar-refractivity contribution in [2.24, 2.45) is 0 Å². The van der Waals surface area contributed by atoms with Crippen molar-refractivity contribution >= 4 is 6.09 Å². The lowest BCUT2D eigenvalue weighted by Crippen LogP contribution is -2.42. The summed E-state index contributed by atoms with van der Waals surface area (Å²) in [4.78, 5) is 14.7. The summed E-state index contributed by atoms with van der Waals surface area (Å²) in [6.07, 6.45) is 26.8. The molecular weight excluding hydrogens is 382 g/mol. The van der Waals surface area contributed by atoms with Crippen LogP contribution in [0, 0.1) is 0 Å². The number of hydrogen-bond donors (Lipinski definition) is 0. The second-order valence-corrected chi connectivity index (χ2v) is 10.3. The van der Waals surface area contributed by atoms with Crippen LogP contribution < -0.4 is 0 Å². The number of unbranched alkanes of at least 4 members (excludes halogenated alkanes) is 14. The molecule has 0 aromatic heterocycles. The Morgan fingerprint density at radius 3 is 1.45 bits per heavy atom. The van der Waals surface area contributed by atoms with Gasteiger partial charge in [-0.15, -0.1) is 0 Å². The Bertz CT molecular complexity index is 397. The standard InChI is InChI=1S/C28H55NO2/c1-4-6-8-10-12-14-16-19-23-28(3,24-20-17-15-13-11-9-7-5-2)31-27(30)29-25-21-18-22-26-29/h4-26H2,1-3H3. The van der Waals surface area contributed by atoms with Crippen molar-refractivity contribution in [2.45, 2.75) is 161 Å². The normalized spacial score (nSPS) is 14.7. The van der Waals surface area contributed by atoms with Crippen LogP contribution in [-0.4, -0.2) is 29.7 Å². The number of rotatable bonds is 19. The van der Waals surface area contributed by atoms with E-state index in [9.17, 15) is 4.79 Å². The van der Waals surface area contributed by atoms with E-state index in [2.05, 4.69) is 20.8 Å². The van der Waals surface area contributed by atoms with Crippen molar-refractivity contribution in [3.63, 3.8) is 0 Å². The summed E-state index contributed by atoms with van der Waals surface area (Å²) >= 11 is 0. The Morgan fingerprint density at radius 2 is 1.03 bits per heavy atom. The Hall–Kier alpha value is -0.730. The minimum Gasteiger partial charge on any atom is -0.443 e. The molecule has 0 aromatic rings. The summed E-state index contributed by atoms with van der Waals surface area (Å²) < 4.78 is 6.18. The fourth-order valence-corrected chi connectivity index (χ4v) is 4.84. The highest BCUT2D eigenvalue weighted by Gasteiger charge is 2.30. The predicted octanol–water partition coefficient (Wildman–Crippen LogP) is 9.43. The van der Waals surface area contributed by atoms with Crippen LogP contribution in [0.25, 0.3) is 0 Å². The van der Waals surface area contributed by atoms with Gasteiger partial charge < -0.3 is 9.64 Å². The van der Waals surface area contributed by atoms with E-state index in [0.717, 1.165) is 38.8 Å². The third kappa shape index (κ3) is 14.9. The van der Waals surface area contributed by atoms with Crippen LogP contribution in [0.1, 0.15) is 156 Å². The predicted molar refractivity (Wildman–Crippen MR) is 135 cm³/mol. The molecule has 1 aliphatic heterocycles. The Morgan fingerprint density at radius 1 is 0.645 bits per heavy atom. The number of piperidine rings is 1. The van der Waals surface area contributed by atoms with E-state index in [4.69, 9.17) is 4.74 Å². The molecule has 0 bridgehead atoms. The van der Waals surface area contributed by atoms with Crippen LogP contribution in [0.5, 0.6) is 0 Å². The van der Waals surface area contributed by atoms with Crippen molar-refractivity contribution < 1.29 is 9.53 Å². The average Bonchev–Trinajstić information content (AvgIpc) is 2.78. The third-order valence-corrected chi connectivity index (χ3v) is 7.07. The molecule has 1 heterocycles. The molecule has 1 aliphatic rings. The summed E-state index contributed by atoms with van der Waals surface area (Å²) in [5.41, 5.74) is -0.279. The maximum Gasteiger partial charge on any atom is 0.410 e. The number of ether oxygens (including phenoxy) is 1. The molecule has 0 radical (unpaired) electrons. The lowest BCUT2D eigenvalue weighted by Gasteiger charge is -2.34.